The highest BCUT2D eigenvalue weighted by molar-refractivity contribution is 6.01. The molecule has 4 rings (SSSR count). The quantitative estimate of drug-likeness (QED) is 0.750. The first-order chi connectivity index (χ1) is 12.7. The molecule has 5 heteroatoms. The van der Waals surface area contributed by atoms with Crippen LogP contribution in [0, 0.1) is 0 Å². The van der Waals surface area contributed by atoms with Crippen molar-refractivity contribution >= 4 is 23.2 Å². The average molecular weight is 349 g/mol. The summed E-state index contributed by atoms with van der Waals surface area (Å²) in [5.74, 6) is -0.213. The third-order valence-corrected chi connectivity index (χ3v) is 4.91. The highest BCUT2D eigenvalue weighted by atomic mass is 16.2. The zero-order chi connectivity index (χ0) is 17.9. The number of para-hydroxylation sites is 1. The Morgan fingerprint density at radius 1 is 1.00 bits per heavy atom. The maximum Gasteiger partial charge on any atom is 0.253 e. The molecule has 0 bridgehead atoms. The molecule has 2 aliphatic carbocycles. The summed E-state index contributed by atoms with van der Waals surface area (Å²) >= 11 is 0. The molecule has 2 aromatic rings. The lowest BCUT2D eigenvalue weighted by molar-refractivity contribution is -0.114. The van der Waals surface area contributed by atoms with Crippen LogP contribution in [0.1, 0.15) is 40.7 Å². The van der Waals surface area contributed by atoms with Crippen LogP contribution in [0.5, 0.6) is 0 Å². The number of nitrogens with one attached hydrogen (secondary N) is 3. The number of hydrogen-bond acceptors (Lipinski definition) is 3. The fourth-order valence-electron chi connectivity index (χ4n) is 3.36. The molecule has 2 aliphatic rings. The Morgan fingerprint density at radius 3 is 2.65 bits per heavy atom. The third kappa shape index (κ3) is 3.87. The summed E-state index contributed by atoms with van der Waals surface area (Å²) in [5.41, 5.74) is 4.80. The molecule has 0 spiro atoms. The largest absolute Gasteiger partial charge is 0.376 e. The van der Waals surface area contributed by atoms with Crippen molar-refractivity contribution in [3.8, 4) is 0 Å². The molecule has 1 saturated carbocycles. The van der Waals surface area contributed by atoms with Crippen LogP contribution in [0.3, 0.4) is 0 Å². The highest BCUT2D eigenvalue weighted by Crippen LogP contribution is 2.25. The van der Waals surface area contributed by atoms with Gasteiger partial charge in [0.15, 0.2) is 0 Å². The van der Waals surface area contributed by atoms with E-state index in [2.05, 4.69) is 28.1 Å². The van der Waals surface area contributed by atoms with Crippen molar-refractivity contribution in [2.75, 3.05) is 17.2 Å². The van der Waals surface area contributed by atoms with Gasteiger partial charge in [-0.05, 0) is 67.5 Å². The van der Waals surface area contributed by atoms with E-state index in [-0.39, 0.29) is 18.4 Å². The van der Waals surface area contributed by atoms with E-state index in [4.69, 9.17) is 0 Å². The monoisotopic (exact) mass is 349 g/mol. The Morgan fingerprint density at radius 2 is 1.81 bits per heavy atom. The number of hydrogen-bond donors (Lipinski definition) is 3. The standard InChI is InChI=1S/C21H23N3O2/c25-20(23-17-9-8-14-4-3-5-15(14)12-17)13-22-19-7-2-1-6-18(19)21(26)24-16-10-11-16/h1-2,6-9,12,16,22H,3-5,10-11,13H2,(H,23,25)(H,24,26). The minimum absolute atomic E-state index is 0.0883. The van der Waals surface area contributed by atoms with Crippen LogP contribution in [0.4, 0.5) is 11.4 Å². The van der Waals surface area contributed by atoms with Crippen molar-refractivity contribution in [2.24, 2.45) is 0 Å². The summed E-state index contributed by atoms with van der Waals surface area (Å²) in [5, 5.41) is 9.00. The molecule has 2 amide bonds. The van der Waals surface area contributed by atoms with Crippen LogP contribution < -0.4 is 16.0 Å². The fourth-order valence-corrected chi connectivity index (χ4v) is 3.36. The molecule has 3 N–H and O–H groups in total. The van der Waals surface area contributed by atoms with E-state index in [0.717, 1.165) is 31.4 Å². The number of rotatable bonds is 6. The van der Waals surface area contributed by atoms with Gasteiger partial charge in [-0.25, -0.2) is 0 Å². The van der Waals surface area contributed by atoms with Crippen molar-refractivity contribution in [2.45, 2.75) is 38.1 Å². The zero-order valence-electron chi connectivity index (χ0n) is 14.7. The molecule has 0 aromatic heterocycles. The van der Waals surface area contributed by atoms with E-state index in [1.54, 1.807) is 6.07 Å². The summed E-state index contributed by atoms with van der Waals surface area (Å²) in [6.45, 7) is 0.116. The highest BCUT2D eigenvalue weighted by Gasteiger charge is 2.24. The number of anilines is 2. The molecule has 1 fully saturated rings. The van der Waals surface area contributed by atoms with Crippen LogP contribution in [-0.4, -0.2) is 24.4 Å². The minimum atomic E-state index is -0.125. The van der Waals surface area contributed by atoms with Gasteiger partial charge in [0, 0.05) is 17.4 Å². The van der Waals surface area contributed by atoms with Gasteiger partial charge in [-0.15, -0.1) is 0 Å². The van der Waals surface area contributed by atoms with Gasteiger partial charge in [0.2, 0.25) is 5.91 Å². The first-order valence-corrected chi connectivity index (χ1v) is 9.24. The topological polar surface area (TPSA) is 70.2 Å². The van der Waals surface area contributed by atoms with Crippen LogP contribution in [0.25, 0.3) is 0 Å². The van der Waals surface area contributed by atoms with Gasteiger partial charge in [0.1, 0.15) is 0 Å². The lowest BCUT2D eigenvalue weighted by Gasteiger charge is -2.12. The average Bonchev–Trinajstić information content (AvgIpc) is 3.33. The zero-order valence-corrected chi connectivity index (χ0v) is 14.7. The minimum Gasteiger partial charge on any atom is -0.376 e. The van der Waals surface area contributed by atoms with E-state index in [1.807, 2.05) is 24.3 Å². The van der Waals surface area contributed by atoms with Crippen molar-refractivity contribution in [1.29, 1.82) is 0 Å². The van der Waals surface area contributed by atoms with Gasteiger partial charge in [-0.3, -0.25) is 9.59 Å². The predicted molar refractivity (Wildman–Crippen MR) is 103 cm³/mol. The smallest absolute Gasteiger partial charge is 0.253 e. The number of aryl methyl sites for hydroxylation is 2. The first kappa shape index (κ1) is 16.6. The summed E-state index contributed by atoms with van der Waals surface area (Å²) in [4.78, 5) is 24.6. The number of carbonyl (C=O) groups is 2. The molecule has 0 atom stereocenters. The van der Waals surface area contributed by atoms with E-state index in [9.17, 15) is 9.59 Å². The van der Waals surface area contributed by atoms with Gasteiger partial charge in [-0.1, -0.05) is 18.2 Å². The molecular formula is C21H23N3O2. The number of amides is 2. The number of carbonyl (C=O) groups excluding carboxylic acids is 2. The van der Waals surface area contributed by atoms with Gasteiger partial charge >= 0.3 is 0 Å². The molecule has 0 radical (unpaired) electrons. The Hall–Kier alpha value is -2.82. The molecule has 0 saturated heterocycles. The Balaban J connectivity index is 1.36. The molecule has 26 heavy (non-hydrogen) atoms. The molecular weight excluding hydrogens is 326 g/mol. The first-order valence-electron chi connectivity index (χ1n) is 9.24. The van der Waals surface area contributed by atoms with Gasteiger partial charge < -0.3 is 16.0 Å². The van der Waals surface area contributed by atoms with Gasteiger partial charge in [0.05, 0.1) is 12.1 Å². The lowest BCUT2D eigenvalue weighted by Crippen LogP contribution is -2.27. The summed E-state index contributed by atoms with van der Waals surface area (Å²) < 4.78 is 0. The Kier molecular flexibility index (Phi) is 4.61. The fraction of sp³-hybridized carbons (Fsp3) is 0.333. The second-order valence-electron chi connectivity index (χ2n) is 7.03. The Bertz CT molecular complexity index is 843. The second kappa shape index (κ2) is 7.20. The third-order valence-electron chi connectivity index (χ3n) is 4.91. The predicted octanol–water partition coefficient (Wildman–Crippen LogP) is 3.12. The molecule has 5 nitrogen and oxygen atoms in total. The van der Waals surface area contributed by atoms with Gasteiger partial charge in [-0.2, -0.15) is 0 Å². The Labute approximate surface area is 153 Å². The van der Waals surface area contributed by atoms with E-state index >= 15 is 0 Å². The summed E-state index contributed by atoms with van der Waals surface area (Å²) in [6.07, 6.45) is 5.49. The summed E-state index contributed by atoms with van der Waals surface area (Å²) in [6, 6.07) is 13.7. The van der Waals surface area contributed by atoms with Crippen LogP contribution >= 0.6 is 0 Å². The maximum atomic E-state index is 12.3. The second-order valence-corrected chi connectivity index (χ2v) is 7.03. The van der Waals surface area contributed by atoms with Crippen LogP contribution in [0.2, 0.25) is 0 Å². The SMILES string of the molecule is O=C(CNc1ccccc1C(=O)NC1CC1)Nc1ccc2c(c1)CCC2. The number of fused-ring (bicyclic) bond motifs is 1. The van der Waals surface area contributed by atoms with Crippen LogP contribution in [-0.2, 0) is 17.6 Å². The maximum absolute atomic E-state index is 12.3. The molecule has 0 aliphatic heterocycles. The molecule has 2 aromatic carbocycles. The molecule has 0 heterocycles. The van der Waals surface area contributed by atoms with Crippen molar-refractivity contribution in [3.05, 3.63) is 59.2 Å². The normalized spacial score (nSPS) is 15.2. The van der Waals surface area contributed by atoms with Crippen molar-refractivity contribution < 1.29 is 9.59 Å². The molecule has 134 valence electrons. The van der Waals surface area contributed by atoms with Crippen molar-refractivity contribution in [3.63, 3.8) is 0 Å². The van der Waals surface area contributed by atoms with E-state index < -0.39 is 0 Å². The van der Waals surface area contributed by atoms with E-state index in [0.29, 0.717) is 17.3 Å². The van der Waals surface area contributed by atoms with Gasteiger partial charge in [0.25, 0.3) is 5.91 Å². The molecule has 0 unspecified atom stereocenters. The summed E-state index contributed by atoms with van der Waals surface area (Å²) in [7, 11) is 0. The van der Waals surface area contributed by atoms with Crippen LogP contribution in [0.15, 0.2) is 42.5 Å². The van der Waals surface area contributed by atoms with Crippen molar-refractivity contribution in [1.82, 2.24) is 5.32 Å². The number of benzene rings is 2. The lowest BCUT2D eigenvalue weighted by atomic mass is 10.1. The van der Waals surface area contributed by atoms with E-state index in [1.165, 1.54) is 17.5 Å².